The molecule has 12 nitrogen and oxygen atoms in total. The normalized spacial score (nSPS) is 16.0. The van der Waals surface area contributed by atoms with Crippen molar-refractivity contribution in [3.63, 3.8) is 0 Å². The van der Waals surface area contributed by atoms with Crippen LogP contribution in [-0.2, 0) is 30.4 Å². The van der Waals surface area contributed by atoms with E-state index in [1.807, 2.05) is 0 Å². The second kappa shape index (κ2) is 14.0. The van der Waals surface area contributed by atoms with Gasteiger partial charge in [-0.05, 0) is 18.4 Å². The third-order valence-electron chi connectivity index (χ3n) is 5.49. The molecule has 0 saturated heterocycles. The summed E-state index contributed by atoms with van der Waals surface area (Å²) in [7, 11) is 0. The SMILES string of the molecule is CCC(C)C(NC(=O)C(N)CC(=O)O)C(=O)NC(Cc1ccccc1)C(=O)NC(C(=O)O)C(C)O. The fourth-order valence-corrected chi connectivity index (χ4v) is 3.21. The summed E-state index contributed by atoms with van der Waals surface area (Å²) in [4.78, 5) is 60.7. The zero-order valence-electron chi connectivity index (χ0n) is 19.9. The molecule has 6 atom stereocenters. The first kappa shape index (κ1) is 29.5. The average Bonchev–Trinajstić information content (AvgIpc) is 2.79. The highest BCUT2D eigenvalue weighted by atomic mass is 16.4. The van der Waals surface area contributed by atoms with Crippen LogP contribution in [-0.4, -0.2) is 75.3 Å². The van der Waals surface area contributed by atoms with E-state index in [0.717, 1.165) is 0 Å². The number of benzene rings is 1. The number of aliphatic hydroxyl groups excluding tert-OH is 1. The molecule has 8 N–H and O–H groups in total. The number of amides is 3. The molecule has 0 aliphatic rings. The fraction of sp³-hybridized carbons (Fsp3) is 0.522. The minimum Gasteiger partial charge on any atom is -0.481 e. The lowest BCUT2D eigenvalue weighted by molar-refractivity contribution is -0.145. The van der Waals surface area contributed by atoms with Crippen molar-refractivity contribution in [2.75, 3.05) is 0 Å². The van der Waals surface area contributed by atoms with E-state index in [1.54, 1.807) is 44.2 Å². The summed E-state index contributed by atoms with van der Waals surface area (Å²) in [6.07, 6.45) is -1.56. The highest BCUT2D eigenvalue weighted by Crippen LogP contribution is 2.11. The molecule has 6 unspecified atom stereocenters. The van der Waals surface area contributed by atoms with E-state index in [-0.39, 0.29) is 6.42 Å². The van der Waals surface area contributed by atoms with Gasteiger partial charge in [-0.1, -0.05) is 50.6 Å². The molecule has 1 aromatic carbocycles. The predicted octanol–water partition coefficient (Wildman–Crippen LogP) is -1.00. The molecule has 0 saturated carbocycles. The van der Waals surface area contributed by atoms with Gasteiger partial charge >= 0.3 is 11.9 Å². The third kappa shape index (κ3) is 9.71. The van der Waals surface area contributed by atoms with Gasteiger partial charge in [-0.3, -0.25) is 19.2 Å². The number of nitrogens with one attached hydrogen (secondary N) is 3. The lowest BCUT2D eigenvalue weighted by Gasteiger charge is -2.28. The number of carbonyl (C=O) groups is 5. The van der Waals surface area contributed by atoms with Gasteiger partial charge in [0.1, 0.15) is 12.1 Å². The van der Waals surface area contributed by atoms with Gasteiger partial charge in [0.05, 0.1) is 18.6 Å². The van der Waals surface area contributed by atoms with E-state index in [1.165, 1.54) is 6.92 Å². The summed E-state index contributed by atoms with van der Waals surface area (Å²) in [6, 6.07) is 3.31. The van der Waals surface area contributed by atoms with E-state index in [9.17, 15) is 34.2 Å². The predicted molar refractivity (Wildman–Crippen MR) is 125 cm³/mol. The lowest BCUT2D eigenvalue weighted by atomic mass is 9.96. The molecule has 0 bridgehead atoms. The molecular formula is C23H34N4O8. The molecule has 1 rings (SSSR count). The summed E-state index contributed by atoms with van der Waals surface area (Å²) in [5.41, 5.74) is 6.27. The number of carboxylic acid groups (broad SMARTS) is 2. The van der Waals surface area contributed by atoms with Crippen molar-refractivity contribution < 1.29 is 39.3 Å². The van der Waals surface area contributed by atoms with E-state index in [4.69, 9.17) is 10.8 Å². The Labute approximate surface area is 203 Å². The maximum absolute atomic E-state index is 13.2. The molecular weight excluding hydrogens is 460 g/mol. The number of carbonyl (C=O) groups excluding carboxylic acids is 3. The van der Waals surface area contributed by atoms with Crippen molar-refractivity contribution in [2.24, 2.45) is 11.7 Å². The Morgan fingerprint density at radius 2 is 1.46 bits per heavy atom. The highest BCUT2D eigenvalue weighted by molar-refractivity contribution is 5.95. The molecule has 0 spiro atoms. The molecule has 0 aliphatic heterocycles. The van der Waals surface area contributed by atoms with E-state index >= 15 is 0 Å². The number of nitrogens with two attached hydrogens (primary N) is 1. The molecule has 12 heteroatoms. The van der Waals surface area contributed by atoms with Gasteiger partial charge in [-0.2, -0.15) is 0 Å². The quantitative estimate of drug-likeness (QED) is 0.169. The van der Waals surface area contributed by atoms with E-state index < -0.39 is 72.3 Å². The van der Waals surface area contributed by atoms with Crippen LogP contribution < -0.4 is 21.7 Å². The molecule has 35 heavy (non-hydrogen) atoms. The van der Waals surface area contributed by atoms with E-state index in [2.05, 4.69) is 16.0 Å². The summed E-state index contributed by atoms with van der Waals surface area (Å²) in [6.45, 7) is 4.68. The first-order valence-corrected chi connectivity index (χ1v) is 11.2. The van der Waals surface area contributed by atoms with Gasteiger partial charge < -0.3 is 37.0 Å². The Bertz CT molecular complexity index is 893. The van der Waals surface area contributed by atoms with Crippen molar-refractivity contribution in [2.45, 2.75) is 70.3 Å². The van der Waals surface area contributed by atoms with Gasteiger partial charge in [-0.25, -0.2) is 4.79 Å². The van der Waals surface area contributed by atoms with Crippen LogP contribution in [0.15, 0.2) is 30.3 Å². The topological polar surface area (TPSA) is 208 Å². The summed E-state index contributed by atoms with van der Waals surface area (Å²) >= 11 is 0. The number of aliphatic carboxylic acids is 2. The van der Waals surface area contributed by atoms with Crippen LogP contribution in [0.3, 0.4) is 0 Å². The van der Waals surface area contributed by atoms with Crippen LogP contribution in [0.1, 0.15) is 39.2 Å². The molecule has 3 amide bonds. The van der Waals surface area contributed by atoms with Crippen molar-refractivity contribution >= 4 is 29.7 Å². The number of hydrogen-bond acceptors (Lipinski definition) is 7. The molecule has 0 aromatic heterocycles. The Balaban J connectivity index is 3.15. The Morgan fingerprint density at radius 3 is 1.94 bits per heavy atom. The van der Waals surface area contributed by atoms with Crippen LogP contribution in [0.2, 0.25) is 0 Å². The maximum atomic E-state index is 13.2. The van der Waals surface area contributed by atoms with Gasteiger partial charge in [0.2, 0.25) is 17.7 Å². The first-order chi connectivity index (χ1) is 16.4. The van der Waals surface area contributed by atoms with Crippen LogP contribution in [0.5, 0.6) is 0 Å². The number of carboxylic acids is 2. The Hall–Kier alpha value is -3.51. The standard InChI is InChI=1S/C23H34N4O8/c1-4-12(2)18(26-20(31)15(24)11-17(29)30)22(33)25-16(10-14-8-6-5-7-9-14)21(32)27-19(13(3)28)23(34)35/h5-9,12-13,15-16,18-19,28H,4,10-11,24H2,1-3H3,(H,25,33)(H,26,31)(H,27,32)(H,29,30)(H,34,35). The summed E-state index contributed by atoms with van der Waals surface area (Å²) in [5.74, 6) is -5.53. The minimum atomic E-state index is -1.60. The molecule has 0 radical (unpaired) electrons. The van der Waals surface area contributed by atoms with Crippen molar-refractivity contribution in [1.29, 1.82) is 0 Å². The number of aliphatic hydroxyl groups is 1. The number of rotatable bonds is 14. The smallest absolute Gasteiger partial charge is 0.328 e. The van der Waals surface area contributed by atoms with Crippen molar-refractivity contribution in [3.05, 3.63) is 35.9 Å². The molecule has 0 aliphatic carbocycles. The van der Waals surface area contributed by atoms with Gasteiger partial charge in [-0.15, -0.1) is 0 Å². The molecule has 0 fully saturated rings. The summed E-state index contributed by atoms with van der Waals surface area (Å²) in [5, 5.41) is 35.1. The number of hydrogen-bond donors (Lipinski definition) is 7. The Morgan fingerprint density at radius 1 is 0.886 bits per heavy atom. The minimum absolute atomic E-state index is 0.00423. The second-order valence-corrected chi connectivity index (χ2v) is 8.39. The van der Waals surface area contributed by atoms with Gasteiger partial charge in [0.25, 0.3) is 0 Å². The highest BCUT2D eigenvalue weighted by Gasteiger charge is 2.33. The summed E-state index contributed by atoms with van der Waals surface area (Å²) < 4.78 is 0. The lowest BCUT2D eigenvalue weighted by Crippen LogP contribution is -2.60. The average molecular weight is 495 g/mol. The largest absolute Gasteiger partial charge is 0.481 e. The van der Waals surface area contributed by atoms with Crippen molar-refractivity contribution in [3.8, 4) is 0 Å². The Kier molecular flexibility index (Phi) is 11.8. The maximum Gasteiger partial charge on any atom is 0.328 e. The molecule has 194 valence electrons. The van der Waals surface area contributed by atoms with Crippen LogP contribution in [0, 0.1) is 5.92 Å². The van der Waals surface area contributed by atoms with E-state index in [0.29, 0.717) is 12.0 Å². The fourth-order valence-electron chi connectivity index (χ4n) is 3.21. The van der Waals surface area contributed by atoms with Crippen LogP contribution >= 0.6 is 0 Å². The van der Waals surface area contributed by atoms with Crippen LogP contribution in [0.25, 0.3) is 0 Å². The second-order valence-electron chi connectivity index (χ2n) is 8.39. The molecule has 0 heterocycles. The van der Waals surface area contributed by atoms with Gasteiger partial charge in [0.15, 0.2) is 6.04 Å². The zero-order valence-corrected chi connectivity index (χ0v) is 19.9. The monoisotopic (exact) mass is 494 g/mol. The third-order valence-corrected chi connectivity index (χ3v) is 5.49. The first-order valence-electron chi connectivity index (χ1n) is 11.2. The van der Waals surface area contributed by atoms with Gasteiger partial charge in [0, 0.05) is 6.42 Å². The molecule has 1 aromatic rings. The van der Waals surface area contributed by atoms with Crippen LogP contribution in [0.4, 0.5) is 0 Å². The zero-order chi connectivity index (χ0) is 26.7. The van der Waals surface area contributed by atoms with Crippen molar-refractivity contribution in [1.82, 2.24) is 16.0 Å².